The molecule has 18 heavy (non-hydrogen) atoms. The van der Waals surface area contributed by atoms with E-state index in [1.54, 1.807) is 0 Å². The third-order valence-corrected chi connectivity index (χ3v) is 3.80. The molecule has 1 saturated carbocycles. The van der Waals surface area contributed by atoms with Gasteiger partial charge in [-0.1, -0.05) is 0 Å². The molecule has 6 heteroatoms. The lowest BCUT2D eigenvalue weighted by atomic mass is 9.92. The summed E-state index contributed by atoms with van der Waals surface area (Å²) in [5.74, 6) is -0.483. The first-order chi connectivity index (χ1) is 8.45. The number of carbonyl (C=O) groups is 1. The minimum absolute atomic E-state index is 0.0308. The van der Waals surface area contributed by atoms with Crippen molar-refractivity contribution in [1.82, 2.24) is 4.90 Å². The highest BCUT2D eigenvalue weighted by molar-refractivity contribution is 5.81. The van der Waals surface area contributed by atoms with Gasteiger partial charge in [0, 0.05) is 12.0 Å². The van der Waals surface area contributed by atoms with Crippen molar-refractivity contribution in [1.29, 1.82) is 0 Å². The van der Waals surface area contributed by atoms with Crippen LogP contribution in [0, 0.1) is 5.92 Å². The number of hydrogen-bond acceptors (Lipinski definition) is 2. The van der Waals surface area contributed by atoms with Crippen LogP contribution in [0.3, 0.4) is 0 Å². The van der Waals surface area contributed by atoms with Crippen LogP contribution in [0.1, 0.15) is 38.5 Å². The number of rotatable bonds is 3. The summed E-state index contributed by atoms with van der Waals surface area (Å²) >= 11 is 0. The highest BCUT2D eigenvalue weighted by Gasteiger charge is 2.51. The van der Waals surface area contributed by atoms with Gasteiger partial charge in [0.15, 0.2) is 0 Å². The van der Waals surface area contributed by atoms with Crippen molar-refractivity contribution >= 4 is 5.91 Å². The second-order valence-electron chi connectivity index (χ2n) is 5.24. The van der Waals surface area contributed by atoms with Crippen LogP contribution in [0.4, 0.5) is 13.2 Å². The molecule has 2 atom stereocenters. The molecule has 0 spiro atoms. The number of halogens is 3. The largest absolute Gasteiger partial charge is 0.408 e. The highest BCUT2D eigenvalue weighted by Crippen LogP contribution is 2.40. The van der Waals surface area contributed by atoms with Crippen LogP contribution in [-0.2, 0) is 4.79 Å². The summed E-state index contributed by atoms with van der Waals surface area (Å²) in [5.41, 5.74) is 5.45. The number of nitrogens with two attached hydrogens (primary N) is 1. The van der Waals surface area contributed by atoms with Crippen molar-refractivity contribution in [3.63, 3.8) is 0 Å². The van der Waals surface area contributed by atoms with Crippen molar-refractivity contribution in [3.05, 3.63) is 0 Å². The normalized spacial score (nSPS) is 29.4. The smallest absolute Gasteiger partial charge is 0.330 e. The maximum Gasteiger partial charge on any atom is 0.408 e. The average Bonchev–Trinajstić information content (AvgIpc) is 3.11. The molecular formula is C12H19F3N2O. The molecule has 2 unspecified atom stereocenters. The fourth-order valence-electron chi connectivity index (χ4n) is 2.75. The van der Waals surface area contributed by atoms with Gasteiger partial charge in [-0.3, -0.25) is 4.79 Å². The second-order valence-corrected chi connectivity index (χ2v) is 5.24. The standard InChI is InChI=1S/C12H19F3N2O/c13-12(14,15)10-3-1-2-9(6-7-16)17(10)11(18)8-4-5-8/h8-10H,1-7,16H2. The zero-order chi connectivity index (χ0) is 13.3. The average molecular weight is 264 g/mol. The number of carbonyl (C=O) groups excluding carboxylic acids is 1. The molecule has 2 aliphatic rings. The first kappa shape index (κ1) is 13.6. The second kappa shape index (κ2) is 5.07. The van der Waals surface area contributed by atoms with Gasteiger partial charge in [-0.25, -0.2) is 0 Å². The molecule has 0 aromatic rings. The van der Waals surface area contributed by atoms with Gasteiger partial charge in [-0.2, -0.15) is 13.2 Å². The Labute approximate surface area is 104 Å². The fraction of sp³-hybridized carbons (Fsp3) is 0.917. The van der Waals surface area contributed by atoms with Crippen LogP contribution < -0.4 is 5.73 Å². The molecule has 1 aliphatic heterocycles. The summed E-state index contributed by atoms with van der Waals surface area (Å²) in [5, 5.41) is 0. The Morgan fingerprint density at radius 3 is 2.39 bits per heavy atom. The summed E-state index contributed by atoms with van der Waals surface area (Å²) in [6.07, 6.45) is -1.21. The topological polar surface area (TPSA) is 46.3 Å². The minimum atomic E-state index is -4.32. The lowest BCUT2D eigenvalue weighted by molar-refractivity contribution is -0.203. The Kier molecular flexibility index (Phi) is 3.84. The van der Waals surface area contributed by atoms with E-state index >= 15 is 0 Å². The van der Waals surface area contributed by atoms with Gasteiger partial charge in [-0.15, -0.1) is 0 Å². The van der Waals surface area contributed by atoms with Crippen molar-refractivity contribution < 1.29 is 18.0 Å². The van der Waals surface area contributed by atoms with Crippen LogP contribution in [0.15, 0.2) is 0 Å². The third kappa shape index (κ3) is 2.79. The van der Waals surface area contributed by atoms with Crippen molar-refractivity contribution in [3.8, 4) is 0 Å². The zero-order valence-corrected chi connectivity index (χ0v) is 10.2. The minimum Gasteiger partial charge on any atom is -0.330 e. The summed E-state index contributed by atoms with van der Waals surface area (Å²) in [4.78, 5) is 13.2. The van der Waals surface area contributed by atoms with E-state index in [0.29, 0.717) is 25.8 Å². The molecule has 3 nitrogen and oxygen atoms in total. The molecular weight excluding hydrogens is 245 g/mol. The molecule has 1 amide bonds. The van der Waals surface area contributed by atoms with Gasteiger partial charge < -0.3 is 10.6 Å². The van der Waals surface area contributed by atoms with Gasteiger partial charge in [-0.05, 0) is 45.1 Å². The number of amides is 1. The van der Waals surface area contributed by atoms with Crippen LogP contribution in [0.5, 0.6) is 0 Å². The number of alkyl halides is 3. The quantitative estimate of drug-likeness (QED) is 0.848. The maximum absolute atomic E-state index is 13.0. The third-order valence-electron chi connectivity index (χ3n) is 3.80. The summed E-state index contributed by atoms with van der Waals surface area (Å²) < 4.78 is 39.1. The number of hydrogen-bond donors (Lipinski definition) is 1. The Hall–Kier alpha value is -0.780. The number of nitrogens with zero attached hydrogens (tertiary/aromatic N) is 1. The molecule has 0 aromatic heterocycles. The van der Waals surface area contributed by atoms with E-state index in [-0.39, 0.29) is 24.3 Å². The van der Waals surface area contributed by atoms with E-state index in [4.69, 9.17) is 5.73 Å². The Morgan fingerprint density at radius 2 is 1.89 bits per heavy atom. The maximum atomic E-state index is 13.0. The summed E-state index contributed by atoms with van der Waals surface area (Å²) in [6, 6.07) is -1.93. The fourth-order valence-corrected chi connectivity index (χ4v) is 2.75. The molecule has 1 aliphatic carbocycles. The molecule has 2 rings (SSSR count). The van der Waals surface area contributed by atoms with E-state index in [0.717, 1.165) is 17.7 Å². The molecule has 104 valence electrons. The van der Waals surface area contributed by atoms with E-state index < -0.39 is 12.2 Å². The highest BCUT2D eigenvalue weighted by atomic mass is 19.4. The zero-order valence-electron chi connectivity index (χ0n) is 10.2. The molecule has 1 heterocycles. The molecule has 0 bridgehead atoms. The monoisotopic (exact) mass is 264 g/mol. The van der Waals surface area contributed by atoms with Gasteiger partial charge in [0.1, 0.15) is 6.04 Å². The predicted molar refractivity (Wildman–Crippen MR) is 60.7 cm³/mol. The van der Waals surface area contributed by atoms with Crippen molar-refractivity contribution in [2.75, 3.05) is 6.54 Å². The van der Waals surface area contributed by atoms with Crippen molar-refractivity contribution in [2.24, 2.45) is 11.7 Å². The van der Waals surface area contributed by atoms with Crippen molar-refractivity contribution in [2.45, 2.75) is 56.8 Å². The Balaban J connectivity index is 2.18. The van der Waals surface area contributed by atoms with Gasteiger partial charge >= 0.3 is 6.18 Å². The van der Waals surface area contributed by atoms with E-state index in [1.165, 1.54) is 0 Å². The lowest BCUT2D eigenvalue weighted by Gasteiger charge is -2.43. The number of likely N-dealkylation sites (tertiary alicyclic amines) is 1. The first-order valence-corrected chi connectivity index (χ1v) is 6.54. The van der Waals surface area contributed by atoms with E-state index in [9.17, 15) is 18.0 Å². The summed E-state index contributed by atoms with van der Waals surface area (Å²) in [7, 11) is 0. The van der Waals surface area contributed by atoms with Gasteiger partial charge in [0.2, 0.25) is 5.91 Å². The first-order valence-electron chi connectivity index (χ1n) is 6.54. The van der Waals surface area contributed by atoms with Crippen LogP contribution >= 0.6 is 0 Å². The summed E-state index contributed by atoms with van der Waals surface area (Å²) in [6.45, 7) is 0.323. The molecule has 2 fully saturated rings. The van der Waals surface area contributed by atoms with E-state index in [2.05, 4.69) is 0 Å². The molecule has 0 radical (unpaired) electrons. The molecule has 0 aromatic carbocycles. The van der Waals surface area contributed by atoms with Crippen LogP contribution in [0.2, 0.25) is 0 Å². The lowest BCUT2D eigenvalue weighted by Crippen LogP contribution is -2.56. The van der Waals surface area contributed by atoms with Gasteiger partial charge in [0.05, 0.1) is 0 Å². The Bertz CT molecular complexity index is 313. The van der Waals surface area contributed by atoms with Crippen LogP contribution in [-0.4, -0.2) is 35.6 Å². The predicted octanol–water partition coefficient (Wildman–Crippen LogP) is 2.06. The van der Waals surface area contributed by atoms with Crippen LogP contribution in [0.25, 0.3) is 0 Å². The molecule has 1 saturated heterocycles. The number of piperidine rings is 1. The van der Waals surface area contributed by atoms with Gasteiger partial charge in [0.25, 0.3) is 0 Å². The Morgan fingerprint density at radius 1 is 1.22 bits per heavy atom. The molecule has 2 N–H and O–H groups in total. The van der Waals surface area contributed by atoms with E-state index in [1.807, 2.05) is 0 Å². The SMILES string of the molecule is NCCC1CCCC(C(F)(F)F)N1C(=O)C1CC1.